The van der Waals surface area contributed by atoms with E-state index in [4.69, 9.17) is 16.3 Å². The van der Waals surface area contributed by atoms with E-state index < -0.39 is 14.6 Å². The van der Waals surface area contributed by atoms with Gasteiger partial charge in [-0.3, -0.25) is 0 Å². The van der Waals surface area contributed by atoms with Gasteiger partial charge in [-0.1, -0.05) is 0 Å². The number of nitrogens with zero attached hydrogens (tertiary/aromatic N) is 1. The van der Waals surface area contributed by atoms with Gasteiger partial charge in [0.2, 0.25) is 0 Å². The lowest BCUT2D eigenvalue weighted by Gasteiger charge is -2.32. The molecule has 0 unspecified atom stereocenters. The smallest absolute Gasteiger partial charge is 0.156 e. The molecule has 0 N–H and O–H groups in total. The van der Waals surface area contributed by atoms with Crippen LogP contribution in [0.5, 0.6) is 0 Å². The SMILES string of the molecule is CC(C)(C)S(=O)(=O)CCN1CCC(OCCCl)CC1. The van der Waals surface area contributed by atoms with Crippen LogP contribution in [0, 0.1) is 0 Å². The lowest BCUT2D eigenvalue weighted by atomic mass is 10.1. The van der Waals surface area contributed by atoms with Gasteiger partial charge in [0, 0.05) is 25.5 Å². The van der Waals surface area contributed by atoms with Crippen LogP contribution in [0.2, 0.25) is 0 Å². The van der Waals surface area contributed by atoms with Gasteiger partial charge in [-0.15, -0.1) is 11.6 Å². The van der Waals surface area contributed by atoms with Crippen molar-refractivity contribution in [2.75, 3.05) is 37.9 Å². The first-order chi connectivity index (χ1) is 8.76. The van der Waals surface area contributed by atoms with Crippen molar-refractivity contribution in [3.05, 3.63) is 0 Å². The maximum Gasteiger partial charge on any atom is 0.156 e. The van der Waals surface area contributed by atoms with Crippen molar-refractivity contribution < 1.29 is 13.2 Å². The Morgan fingerprint density at radius 1 is 1.26 bits per heavy atom. The minimum atomic E-state index is -3.02. The largest absolute Gasteiger partial charge is 0.377 e. The first kappa shape index (κ1) is 17.2. The van der Waals surface area contributed by atoms with Crippen LogP contribution in [0.3, 0.4) is 0 Å². The van der Waals surface area contributed by atoms with Gasteiger partial charge in [0.05, 0.1) is 23.2 Å². The van der Waals surface area contributed by atoms with Gasteiger partial charge in [0.1, 0.15) is 0 Å². The molecular formula is C13H26ClNO3S. The average Bonchev–Trinajstić information content (AvgIpc) is 2.34. The van der Waals surface area contributed by atoms with Crippen molar-refractivity contribution in [2.24, 2.45) is 0 Å². The molecule has 0 bridgehead atoms. The maximum absolute atomic E-state index is 12.0. The topological polar surface area (TPSA) is 46.6 Å². The predicted octanol–water partition coefficient (Wildman–Crippen LogP) is 1.92. The minimum absolute atomic E-state index is 0.240. The summed E-state index contributed by atoms with van der Waals surface area (Å²) in [6, 6.07) is 0. The van der Waals surface area contributed by atoms with Gasteiger partial charge in [0.15, 0.2) is 9.84 Å². The Hall–Kier alpha value is 0.160. The molecule has 1 rings (SSSR count). The molecule has 0 aromatic heterocycles. The predicted molar refractivity (Wildman–Crippen MR) is 79.7 cm³/mol. The second-order valence-electron chi connectivity index (χ2n) is 6.03. The number of likely N-dealkylation sites (tertiary alicyclic amines) is 1. The van der Waals surface area contributed by atoms with Gasteiger partial charge in [-0.05, 0) is 33.6 Å². The number of piperidine rings is 1. The van der Waals surface area contributed by atoms with E-state index in [1.54, 1.807) is 20.8 Å². The summed E-state index contributed by atoms with van der Waals surface area (Å²) in [7, 11) is -3.02. The molecule has 0 spiro atoms. The molecule has 4 nitrogen and oxygen atoms in total. The quantitative estimate of drug-likeness (QED) is 0.703. The second kappa shape index (κ2) is 7.25. The van der Waals surface area contributed by atoms with E-state index in [0.29, 0.717) is 19.0 Å². The average molecular weight is 312 g/mol. The number of hydrogen-bond acceptors (Lipinski definition) is 4. The molecule has 114 valence electrons. The fourth-order valence-corrected chi connectivity index (χ4v) is 3.27. The maximum atomic E-state index is 12.0. The first-order valence-corrected chi connectivity index (χ1v) is 9.07. The Kier molecular flexibility index (Phi) is 6.57. The fraction of sp³-hybridized carbons (Fsp3) is 1.00. The van der Waals surface area contributed by atoms with Gasteiger partial charge >= 0.3 is 0 Å². The number of ether oxygens (including phenoxy) is 1. The lowest BCUT2D eigenvalue weighted by Crippen LogP contribution is -2.41. The molecular weight excluding hydrogens is 286 g/mol. The Morgan fingerprint density at radius 3 is 2.32 bits per heavy atom. The monoisotopic (exact) mass is 311 g/mol. The number of hydrogen-bond donors (Lipinski definition) is 0. The standard InChI is InChI=1S/C13H26ClNO3S/c1-13(2,3)19(16,17)11-9-15-7-4-12(5-8-15)18-10-6-14/h12H,4-11H2,1-3H3. The highest BCUT2D eigenvalue weighted by Gasteiger charge is 2.29. The Balaban J connectivity index is 2.31. The molecule has 0 aliphatic carbocycles. The molecule has 1 saturated heterocycles. The van der Waals surface area contributed by atoms with Crippen LogP contribution in [0.25, 0.3) is 0 Å². The number of sulfone groups is 1. The molecule has 0 saturated carbocycles. The second-order valence-corrected chi connectivity index (χ2v) is 9.27. The Morgan fingerprint density at radius 2 is 1.84 bits per heavy atom. The Bertz CT molecular complexity index is 357. The first-order valence-electron chi connectivity index (χ1n) is 6.88. The molecule has 0 amide bonds. The molecule has 0 atom stereocenters. The van der Waals surface area contributed by atoms with E-state index in [1.165, 1.54) is 0 Å². The van der Waals surface area contributed by atoms with Crippen LogP contribution >= 0.6 is 11.6 Å². The summed E-state index contributed by atoms with van der Waals surface area (Å²) in [6.45, 7) is 8.32. The zero-order chi connectivity index (χ0) is 14.5. The van der Waals surface area contributed by atoms with Gasteiger partial charge in [-0.25, -0.2) is 8.42 Å². The van der Waals surface area contributed by atoms with E-state index in [0.717, 1.165) is 25.9 Å². The number of halogens is 1. The molecule has 1 aliphatic heterocycles. The van der Waals surface area contributed by atoms with Crippen molar-refractivity contribution in [1.29, 1.82) is 0 Å². The summed E-state index contributed by atoms with van der Waals surface area (Å²) in [4.78, 5) is 2.21. The summed E-state index contributed by atoms with van der Waals surface area (Å²) in [5.41, 5.74) is 0. The number of rotatable bonds is 6. The van der Waals surface area contributed by atoms with Crippen molar-refractivity contribution in [3.8, 4) is 0 Å². The van der Waals surface area contributed by atoms with Crippen LogP contribution in [0.15, 0.2) is 0 Å². The van der Waals surface area contributed by atoms with Crippen LogP contribution in [0.1, 0.15) is 33.6 Å². The van der Waals surface area contributed by atoms with E-state index in [9.17, 15) is 8.42 Å². The van der Waals surface area contributed by atoms with Crippen molar-refractivity contribution in [2.45, 2.75) is 44.5 Å². The van der Waals surface area contributed by atoms with Gasteiger partial charge in [-0.2, -0.15) is 0 Å². The molecule has 0 radical (unpaired) electrons. The minimum Gasteiger partial charge on any atom is -0.377 e. The molecule has 1 fully saturated rings. The third-order valence-electron chi connectivity index (χ3n) is 3.57. The van der Waals surface area contributed by atoms with E-state index >= 15 is 0 Å². The molecule has 1 aliphatic rings. The number of alkyl halides is 1. The van der Waals surface area contributed by atoms with Crippen LogP contribution in [-0.4, -0.2) is 62.0 Å². The Labute approximate surface area is 122 Å². The highest BCUT2D eigenvalue weighted by Crippen LogP contribution is 2.18. The van der Waals surface area contributed by atoms with Gasteiger partial charge < -0.3 is 9.64 Å². The highest BCUT2D eigenvalue weighted by atomic mass is 35.5. The van der Waals surface area contributed by atoms with Crippen LogP contribution in [-0.2, 0) is 14.6 Å². The summed E-state index contributed by atoms with van der Waals surface area (Å²) in [5, 5.41) is 0. The lowest BCUT2D eigenvalue weighted by molar-refractivity contribution is 0.0166. The zero-order valence-corrected chi connectivity index (χ0v) is 13.8. The highest BCUT2D eigenvalue weighted by molar-refractivity contribution is 7.92. The van der Waals surface area contributed by atoms with Gasteiger partial charge in [0.25, 0.3) is 0 Å². The van der Waals surface area contributed by atoms with Crippen LogP contribution < -0.4 is 0 Å². The molecule has 1 heterocycles. The third-order valence-corrected chi connectivity index (χ3v) is 6.31. The van der Waals surface area contributed by atoms with E-state index in [2.05, 4.69) is 4.90 Å². The van der Waals surface area contributed by atoms with Crippen molar-refractivity contribution >= 4 is 21.4 Å². The fourth-order valence-electron chi connectivity index (χ4n) is 2.07. The molecule has 0 aromatic carbocycles. The van der Waals surface area contributed by atoms with E-state index in [1.807, 2.05) is 0 Å². The molecule has 19 heavy (non-hydrogen) atoms. The van der Waals surface area contributed by atoms with Crippen molar-refractivity contribution in [3.63, 3.8) is 0 Å². The molecule has 0 aromatic rings. The summed E-state index contributed by atoms with van der Waals surface area (Å²) in [6.07, 6.45) is 2.22. The summed E-state index contributed by atoms with van der Waals surface area (Å²) in [5.74, 6) is 0.772. The van der Waals surface area contributed by atoms with Crippen molar-refractivity contribution in [1.82, 2.24) is 4.90 Å². The zero-order valence-electron chi connectivity index (χ0n) is 12.2. The normalized spacial score (nSPS) is 19.8. The third kappa shape index (κ3) is 5.58. The molecule has 6 heteroatoms. The summed E-state index contributed by atoms with van der Waals surface area (Å²) >= 11 is 5.59. The van der Waals surface area contributed by atoms with Crippen LogP contribution in [0.4, 0.5) is 0 Å². The summed E-state index contributed by atoms with van der Waals surface area (Å²) < 4.78 is 29.0. The van der Waals surface area contributed by atoms with E-state index in [-0.39, 0.29) is 11.9 Å².